The average Bonchev–Trinajstić information content (AvgIpc) is 2.70. The largest absolute Gasteiger partial charge is 0.335 e. The number of hydrogen-bond donors (Lipinski definition) is 0. The monoisotopic (exact) mass is 393 g/mol. The van der Waals surface area contributed by atoms with Gasteiger partial charge in [-0.15, -0.1) is 0 Å². The molecule has 1 aliphatic rings. The van der Waals surface area contributed by atoms with Crippen LogP contribution >= 0.6 is 0 Å². The van der Waals surface area contributed by atoms with Crippen molar-refractivity contribution in [2.45, 2.75) is 67.3 Å². The highest BCUT2D eigenvalue weighted by Gasteiger charge is 2.45. The van der Waals surface area contributed by atoms with E-state index in [1.165, 1.54) is 0 Å². The predicted molar refractivity (Wildman–Crippen MR) is 126 cm³/mol. The van der Waals surface area contributed by atoms with E-state index in [2.05, 4.69) is 66.5 Å². The molecule has 0 radical (unpaired) electrons. The summed E-state index contributed by atoms with van der Waals surface area (Å²) in [6, 6.07) is 8.05. The van der Waals surface area contributed by atoms with Gasteiger partial charge >= 0.3 is 0 Å². The van der Waals surface area contributed by atoms with Gasteiger partial charge in [-0.1, -0.05) is 98.1 Å². The fourth-order valence-corrected chi connectivity index (χ4v) is 5.09. The number of carbonyl (C=O) groups excluding carboxylic acids is 1. The van der Waals surface area contributed by atoms with Gasteiger partial charge in [-0.05, 0) is 46.3 Å². The normalized spacial score (nSPS) is 22.0. The second-order valence-corrected chi connectivity index (χ2v) is 11.1. The highest BCUT2D eigenvalue weighted by atomic mass is 16.2. The number of carbonyl (C=O) groups is 1. The molecule has 0 aliphatic carbocycles. The molecule has 0 spiro atoms. The van der Waals surface area contributed by atoms with Crippen LogP contribution in [-0.2, 0) is 0 Å². The van der Waals surface area contributed by atoms with Gasteiger partial charge < -0.3 is 4.90 Å². The highest BCUT2D eigenvalue weighted by Crippen LogP contribution is 2.46. The average molecular weight is 394 g/mol. The van der Waals surface area contributed by atoms with E-state index in [-0.39, 0.29) is 28.2 Å². The lowest BCUT2D eigenvalue weighted by Crippen LogP contribution is -2.49. The van der Waals surface area contributed by atoms with Crippen LogP contribution in [0.4, 0.5) is 0 Å². The van der Waals surface area contributed by atoms with Crippen LogP contribution in [0.15, 0.2) is 55.7 Å². The van der Waals surface area contributed by atoms with Crippen LogP contribution in [0, 0.1) is 16.2 Å². The Balaban J connectivity index is 2.61. The Kier molecular flexibility index (Phi) is 6.67. The van der Waals surface area contributed by atoms with Gasteiger partial charge in [-0.2, -0.15) is 0 Å². The molecule has 2 heteroatoms. The Labute approximate surface area is 178 Å². The second-order valence-electron chi connectivity index (χ2n) is 11.1. The maximum absolute atomic E-state index is 14.0. The Morgan fingerprint density at radius 1 is 1.07 bits per heavy atom. The van der Waals surface area contributed by atoms with Crippen molar-refractivity contribution < 1.29 is 4.79 Å². The van der Waals surface area contributed by atoms with Gasteiger partial charge in [0.25, 0.3) is 5.91 Å². The first-order chi connectivity index (χ1) is 13.3. The first kappa shape index (κ1) is 23.2. The van der Waals surface area contributed by atoms with Crippen molar-refractivity contribution in [2.24, 2.45) is 16.2 Å². The van der Waals surface area contributed by atoms with E-state index < -0.39 is 0 Å². The molecule has 1 heterocycles. The molecule has 1 fully saturated rings. The van der Waals surface area contributed by atoms with Crippen molar-refractivity contribution in [3.05, 3.63) is 66.8 Å². The van der Waals surface area contributed by atoms with Crippen LogP contribution < -0.4 is 0 Å². The van der Waals surface area contributed by atoms with Gasteiger partial charge in [-0.25, -0.2) is 0 Å². The number of allylic oxidation sites excluding steroid dienone is 4. The maximum atomic E-state index is 14.0. The van der Waals surface area contributed by atoms with Crippen LogP contribution in [0.5, 0.6) is 0 Å². The molecule has 2 nitrogen and oxygen atoms in total. The number of benzene rings is 1. The topological polar surface area (TPSA) is 20.3 Å². The van der Waals surface area contributed by atoms with Gasteiger partial charge in [0.05, 0.1) is 0 Å². The van der Waals surface area contributed by atoms with Crippen molar-refractivity contribution in [2.75, 3.05) is 6.54 Å². The molecular formula is C27H39NO. The predicted octanol–water partition coefficient (Wildman–Crippen LogP) is 7.15. The third-order valence-corrected chi connectivity index (χ3v) is 5.92. The summed E-state index contributed by atoms with van der Waals surface area (Å²) in [5, 5.41) is 0. The molecule has 1 amide bonds. The zero-order valence-corrected chi connectivity index (χ0v) is 19.5. The van der Waals surface area contributed by atoms with Crippen LogP contribution in [0.25, 0.3) is 5.57 Å². The minimum absolute atomic E-state index is 0.000512. The lowest BCUT2D eigenvalue weighted by molar-refractivity contribution is 0.0422. The van der Waals surface area contributed by atoms with Crippen LogP contribution in [-0.4, -0.2) is 23.4 Å². The third-order valence-electron chi connectivity index (χ3n) is 5.92. The fourth-order valence-electron chi connectivity index (χ4n) is 5.09. The van der Waals surface area contributed by atoms with Crippen LogP contribution in [0.3, 0.4) is 0 Å². The van der Waals surface area contributed by atoms with Crippen molar-refractivity contribution >= 4 is 11.5 Å². The van der Waals surface area contributed by atoms with Crippen molar-refractivity contribution in [3.8, 4) is 0 Å². The minimum atomic E-state index is 0.000512. The number of likely N-dealkylation sites (tertiary alicyclic amines) is 1. The Hall–Kier alpha value is -2.09. The number of hydrogen-bond acceptors (Lipinski definition) is 1. The Bertz CT molecular complexity index is 804. The molecule has 1 aromatic rings. The molecule has 1 unspecified atom stereocenters. The quantitative estimate of drug-likeness (QED) is 0.498. The van der Waals surface area contributed by atoms with E-state index >= 15 is 0 Å². The molecule has 158 valence electrons. The van der Waals surface area contributed by atoms with E-state index in [1.54, 1.807) is 12.2 Å². The zero-order chi connectivity index (χ0) is 22.0. The van der Waals surface area contributed by atoms with Crippen LogP contribution in [0.1, 0.15) is 77.2 Å². The molecule has 1 aliphatic heterocycles. The number of amides is 1. The standard InChI is InChI=1S/C27H39NO/c1-10-14-20(11-2)21-15-12-13-16-22(21)24(29)28-19-27(8,9)18-26(6,7)17-23(28)25(3,4)5/h10-16,23H,1-2,17-19H2,3-9H3/b20-14+. The minimum Gasteiger partial charge on any atom is -0.335 e. The molecular weight excluding hydrogens is 354 g/mol. The second kappa shape index (κ2) is 8.34. The number of nitrogens with zero attached hydrogens (tertiary/aromatic N) is 1. The molecule has 29 heavy (non-hydrogen) atoms. The SMILES string of the molecule is C=C/C=C(\C=C)c1ccccc1C(=O)N1CC(C)(C)CC(C)(C)CC1C(C)(C)C. The summed E-state index contributed by atoms with van der Waals surface area (Å²) in [6.45, 7) is 24.6. The van der Waals surface area contributed by atoms with E-state index in [0.29, 0.717) is 0 Å². The Morgan fingerprint density at radius 2 is 1.66 bits per heavy atom. The lowest BCUT2D eigenvalue weighted by Gasteiger charge is -2.42. The first-order valence-corrected chi connectivity index (χ1v) is 10.7. The highest BCUT2D eigenvalue weighted by molar-refractivity contribution is 6.00. The molecule has 1 atom stereocenters. The van der Waals surface area contributed by atoms with E-state index in [4.69, 9.17) is 0 Å². The van der Waals surface area contributed by atoms with Gasteiger partial charge in [0.2, 0.25) is 0 Å². The van der Waals surface area contributed by atoms with E-state index in [9.17, 15) is 4.79 Å². The van der Waals surface area contributed by atoms with Gasteiger partial charge in [-0.3, -0.25) is 4.79 Å². The molecule has 0 N–H and O–H groups in total. The fraction of sp³-hybridized carbons (Fsp3) is 0.519. The summed E-state index contributed by atoms with van der Waals surface area (Å²) >= 11 is 0. The van der Waals surface area contributed by atoms with Gasteiger partial charge in [0.15, 0.2) is 0 Å². The molecule has 2 rings (SSSR count). The first-order valence-electron chi connectivity index (χ1n) is 10.7. The summed E-state index contributed by atoms with van der Waals surface area (Å²) in [5.41, 5.74) is 2.83. The van der Waals surface area contributed by atoms with Gasteiger partial charge in [0, 0.05) is 18.2 Å². The zero-order valence-electron chi connectivity index (χ0n) is 19.5. The van der Waals surface area contributed by atoms with E-state index in [0.717, 1.165) is 36.1 Å². The van der Waals surface area contributed by atoms with Crippen LogP contribution in [0.2, 0.25) is 0 Å². The summed E-state index contributed by atoms with van der Waals surface area (Å²) in [7, 11) is 0. The summed E-state index contributed by atoms with van der Waals surface area (Å²) in [6.07, 6.45) is 7.56. The number of rotatable bonds is 4. The Morgan fingerprint density at radius 3 is 2.17 bits per heavy atom. The smallest absolute Gasteiger partial charge is 0.254 e. The molecule has 0 bridgehead atoms. The third kappa shape index (κ3) is 5.50. The molecule has 1 saturated heterocycles. The maximum Gasteiger partial charge on any atom is 0.254 e. The van der Waals surface area contributed by atoms with Gasteiger partial charge in [0.1, 0.15) is 0 Å². The summed E-state index contributed by atoms with van der Waals surface area (Å²) in [4.78, 5) is 16.1. The summed E-state index contributed by atoms with van der Waals surface area (Å²) < 4.78 is 0. The lowest BCUT2D eigenvalue weighted by atomic mass is 9.71. The molecule has 0 saturated carbocycles. The van der Waals surface area contributed by atoms with Crippen molar-refractivity contribution in [1.82, 2.24) is 4.90 Å². The molecule has 0 aromatic heterocycles. The summed E-state index contributed by atoms with van der Waals surface area (Å²) in [5.74, 6) is 0.114. The van der Waals surface area contributed by atoms with Crippen molar-refractivity contribution in [1.29, 1.82) is 0 Å². The van der Waals surface area contributed by atoms with Crippen molar-refractivity contribution in [3.63, 3.8) is 0 Å². The van der Waals surface area contributed by atoms with E-state index in [1.807, 2.05) is 30.3 Å². The molecule has 1 aromatic carbocycles.